The molecular formula is C15H15Cl3N2O2S. The fourth-order valence-electron chi connectivity index (χ4n) is 2.41. The minimum absolute atomic E-state index is 0. The summed E-state index contributed by atoms with van der Waals surface area (Å²) >= 11 is 11.9. The van der Waals surface area contributed by atoms with Crippen LogP contribution in [0.25, 0.3) is 0 Å². The van der Waals surface area contributed by atoms with Crippen LogP contribution in [-0.2, 0) is 23.0 Å². The third-order valence-electron chi connectivity index (χ3n) is 3.57. The maximum absolute atomic E-state index is 12.5. The highest BCUT2D eigenvalue weighted by atomic mass is 35.5. The summed E-state index contributed by atoms with van der Waals surface area (Å²) in [5.41, 5.74) is 2.45. The maximum atomic E-state index is 12.5. The zero-order valence-corrected chi connectivity index (χ0v) is 15.1. The van der Waals surface area contributed by atoms with E-state index >= 15 is 0 Å². The van der Waals surface area contributed by atoms with Crippen molar-refractivity contribution in [1.82, 2.24) is 5.32 Å². The highest BCUT2D eigenvalue weighted by Crippen LogP contribution is 2.31. The van der Waals surface area contributed by atoms with Crippen molar-refractivity contribution >= 4 is 51.3 Å². The van der Waals surface area contributed by atoms with Gasteiger partial charge in [-0.2, -0.15) is 0 Å². The summed E-state index contributed by atoms with van der Waals surface area (Å²) in [7, 11) is -3.71. The molecule has 1 heterocycles. The SMILES string of the molecule is Cl.O=S(=O)(Nc1cccc(Cl)c1Cl)c1ccc2c(c1)CNCC2. The molecule has 1 aliphatic heterocycles. The second kappa shape index (κ2) is 7.28. The molecule has 2 aromatic rings. The number of hydrogen-bond acceptors (Lipinski definition) is 3. The van der Waals surface area contributed by atoms with Gasteiger partial charge in [-0.1, -0.05) is 35.3 Å². The van der Waals surface area contributed by atoms with Crippen molar-refractivity contribution in [2.75, 3.05) is 11.3 Å². The number of sulfonamides is 1. The van der Waals surface area contributed by atoms with Gasteiger partial charge in [0.05, 0.1) is 20.6 Å². The van der Waals surface area contributed by atoms with Crippen LogP contribution in [0.15, 0.2) is 41.3 Å². The zero-order chi connectivity index (χ0) is 15.7. The molecule has 0 unspecified atom stereocenters. The molecule has 124 valence electrons. The fourth-order valence-corrected chi connectivity index (χ4v) is 3.94. The van der Waals surface area contributed by atoms with Crippen LogP contribution in [0.4, 0.5) is 5.69 Å². The van der Waals surface area contributed by atoms with E-state index in [1.54, 1.807) is 30.3 Å². The van der Waals surface area contributed by atoms with Gasteiger partial charge in [0.15, 0.2) is 0 Å². The Bertz CT molecular complexity index is 825. The molecule has 0 aromatic heterocycles. The summed E-state index contributed by atoms with van der Waals surface area (Å²) in [6.07, 6.45) is 0.906. The number of fused-ring (bicyclic) bond motifs is 1. The monoisotopic (exact) mass is 392 g/mol. The minimum atomic E-state index is -3.71. The first-order chi connectivity index (χ1) is 10.5. The number of anilines is 1. The predicted octanol–water partition coefficient (Wildman–Crippen LogP) is 3.86. The third kappa shape index (κ3) is 3.92. The van der Waals surface area contributed by atoms with E-state index in [4.69, 9.17) is 23.2 Å². The van der Waals surface area contributed by atoms with Crippen LogP contribution in [0.2, 0.25) is 10.0 Å². The van der Waals surface area contributed by atoms with E-state index in [2.05, 4.69) is 10.0 Å². The van der Waals surface area contributed by atoms with Gasteiger partial charge in [-0.05, 0) is 48.4 Å². The van der Waals surface area contributed by atoms with Crippen LogP contribution < -0.4 is 10.0 Å². The molecule has 2 aromatic carbocycles. The average Bonchev–Trinajstić information content (AvgIpc) is 2.51. The maximum Gasteiger partial charge on any atom is 0.261 e. The van der Waals surface area contributed by atoms with Crippen LogP contribution in [-0.4, -0.2) is 15.0 Å². The lowest BCUT2D eigenvalue weighted by Gasteiger charge is -2.18. The second-order valence-electron chi connectivity index (χ2n) is 5.06. The van der Waals surface area contributed by atoms with Gasteiger partial charge in [-0.25, -0.2) is 8.42 Å². The van der Waals surface area contributed by atoms with Crippen molar-refractivity contribution in [2.24, 2.45) is 0 Å². The number of rotatable bonds is 3. The summed E-state index contributed by atoms with van der Waals surface area (Å²) < 4.78 is 27.5. The van der Waals surface area contributed by atoms with Crippen molar-refractivity contribution in [1.29, 1.82) is 0 Å². The van der Waals surface area contributed by atoms with Crippen molar-refractivity contribution < 1.29 is 8.42 Å². The molecular weight excluding hydrogens is 379 g/mol. The Morgan fingerprint density at radius 2 is 1.87 bits per heavy atom. The molecule has 4 nitrogen and oxygen atoms in total. The van der Waals surface area contributed by atoms with E-state index in [0.29, 0.717) is 11.6 Å². The van der Waals surface area contributed by atoms with Crippen LogP contribution in [0, 0.1) is 0 Å². The molecule has 8 heteroatoms. The number of hydrogen-bond donors (Lipinski definition) is 2. The Morgan fingerprint density at radius 3 is 2.65 bits per heavy atom. The lowest BCUT2D eigenvalue weighted by molar-refractivity contribution is 0.599. The Labute approximate surface area is 151 Å². The van der Waals surface area contributed by atoms with Gasteiger partial charge in [0, 0.05) is 6.54 Å². The Kier molecular flexibility index (Phi) is 5.81. The van der Waals surface area contributed by atoms with E-state index in [1.165, 1.54) is 5.56 Å². The van der Waals surface area contributed by atoms with E-state index in [-0.39, 0.29) is 28.0 Å². The average molecular weight is 394 g/mol. The van der Waals surface area contributed by atoms with E-state index in [0.717, 1.165) is 18.5 Å². The van der Waals surface area contributed by atoms with Crippen molar-refractivity contribution in [2.45, 2.75) is 17.9 Å². The van der Waals surface area contributed by atoms with Crippen LogP contribution in [0.1, 0.15) is 11.1 Å². The molecule has 0 atom stereocenters. The highest BCUT2D eigenvalue weighted by Gasteiger charge is 2.19. The highest BCUT2D eigenvalue weighted by molar-refractivity contribution is 7.92. The quantitative estimate of drug-likeness (QED) is 0.832. The molecule has 2 N–H and O–H groups in total. The smallest absolute Gasteiger partial charge is 0.261 e. The van der Waals surface area contributed by atoms with Gasteiger partial charge in [0.2, 0.25) is 0 Å². The van der Waals surface area contributed by atoms with Crippen molar-refractivity contribution in [3.8, 4) is 0 Å². The molecule has 0 fully saturated rings. The number of benzene rings is 2. The third-order valence-corrected chi connectivity index (χ3v) is 5.75. The van der Waals surface area contributed by atoms with Crippen molar-refractivity contribution in [3.63, 3.8) is 0 Å². The largest absolute Gasteiger partial charge is 0.312 e. The summed E-state index contributed by atoms with van der Waals surface area (Å²) in [6.45, 7) is 1.59. The van der Waals surface area contributed by atoms with Gasteiger partial charge in [-0.3, -0.25) is 4.72 Å². The van der Waals surface area contributed by atoms with Gasteiger partial charge < -0.3 is 5.32 Å². The first-order valence-electron chi connectivity index (χ1n) is 6.77. The van der Waals surface area contributed by atoms with Crippen LogP contribution >= 0.6 is 35.6 Å². The molecule has 23 heavy (non-hydrogen) atoms. The second-order valence-corrected chi connectivity index (χ2v) is 7.53. The van der Waals surface area contributed by atoms with E-state index in [9.17, 15) is 8.42 Å². The lowest BCUT2D eigenvalue weighted by Crippen LogP contribution is -2.24. The molecule has 0 saturated heterocycles. The summed E-state index contributed by atoms with van der Waals surface area (Å²) in [5, 5.41) is 3.72. The summed E-state index contributed by atoms with van der Waals surface area (Å²) in [6, 6.07) is 10.00. The normalized spacial score (nSPS) is 13.8. The minimum Gasteiger partial charge on any atom is -0.312 e. The molecule has 0 amide bonds. The van der Waals surface area contributed by atoms with E-state index < -0.39 is 10.0 Å². The Morgan fingerprint density at radius 1 is 1.09 bits per heavy atom. The molecule has 0 aliphatic carbocycles. The number of nitrogens with one attached hydrogen (secondary N) is 2. The van der Waals surface area contributed by atoms with E-state index in [1.807, 2.05) is 6.07 Å². The predicted molar refractivity (Wildman–Crippen MR) is 96.4 cm³/mol. The molecule has 1 aliphatic rings. The van der Waals surface area contributed by atoms with Gasteiger partial charge in [0.1, 0.15) is 0 Å². The first kappa shape index (κ1) is 18.4. The molecule has 0 radical (unpaired) electrons. The summed E-state index contributed by atoms with van der Waals surface area (Å²) in [4.78, 5) is 0.214. The van der Waals surface area contributed by atoms with Gasteiger partial charge in [0.25, 0.3) is 10.0 Å². The molecule has 0 bridgehead atoms. The van der Waals surface area contributed by atoms with Crippen LogP contribution in [0.5, 0.6) is 0 Å². The lowest BCUT2D eigenvalue weighted by atomic mass is 10.0. The fraction of sp³-hybridized carbons (Fsp3) is 0.200. The van der Waals surface area contributed by atoms with Gasteiger partial charge >= 0.3 is 0 Å². The first-order valence-corrected chi connectivity index (χ1v) is 9.00. The molecule has 0 spiro atoms. The number of halogens is 3. The van der Waals surface area contributed by atoms with Gasteiger partial charge in [-0.15, -0.1) is 12.4 Å². The standard InChI is InChI=1S/C15H14Cl2N2O2S.ClH/c16-13-2-1-3-14(15(13)17)19-22(20,21)12-5-4-10-6-7-18-9-11(10)8-12;/h1-5,8,18-19H,6-7,9H2;1H. The Balaban J connectivity index is 0.00000192. The van der Waals surface area contributed by atoms with Crippen molar-refractivity contribution in [3.05, 3.63) is 57.6 Å². The molecule has 0 saturated carbocycles. The Hall–Kier alpha value is -0.980. The topological polar surface area (TPSA) is 58.2 Å². The zero-order valence-electron chi connectivity index (χ0n) is 12.0. The molecule has 3 rings (SSSR count). The van der Waals surface area contributed by atoms with Crippen LogP contribution in [0.3, 0.4) is 0 Å². The summed E-state index contributed by atoms with van der Waals surface area (Å²) in [5.74, 6) is 0.